The van der Waals surface area contributed by atoms with Crippen LogP contribution < -0.4 is 9.64 Å². The molecule has 1 N–H and O–H groups in total. The highest BCUT2D eigenvalue weighted by molar-refractivity contribution is 7.17. The molecule has 4 heterocycles. The Balaban J connectivity index is 1.71. The van der Waals surface area contributed by atoms with E-state index in [0.29, 0.717) is 40.6 Å². The lowest BCUT2D eigenvalue weighted by Gasteiger charge is -2.23. The topological polar surface area (TPSA) is 123 Å². The maximum atomic E-state index is 13.7. The number of hydrogen-bond acceptors (Lipinski definition) is 9. The molecule has 1 amide bonds. The smallest absolute Gasteiger partial charge is 0.350 e. The third-order valence-electron chi connectivity index (χ3n) is 6.53. The lowest BCUT2D eigenvalue weighted by molar-refractivity contribution is -0.132. The maximum absolute atomic E-state index is 13.7. The molecule has 1 fully saturated rings. The average molecular weight is 573 g/mol. The van der Waals surface area contributed by atoms with Crippen molar-refractivity contribution in [3.8, 4) is 5.75 Å². The summed E-state index contributed by atoms with van der Waals surface area (Å²) >= 11 is 0.934. The van der Waals surface area contributed by atoms with Crippen molar-refractivity contribution in [1.29, 1.82) is 0 Å². The van der Waals surface area contributed by atoms with Crippen molar-refractivity contribution >= 4 is 45.5 Å². The minimum Gasteiger partial charge on any atom is -0.505 e. The molecular formula is C30H28N4O6S. The van der Waals surface area contributed by atoms with E-state index in [1.54, 1.807) is 60.8 Å². The van der Waals surface area contributed by atoms with Crippen molar-refractivity contribution in [1.82, 2.24) is 14.4 Å². The summed E-state index contributed by atoms with van der Waals surface area (Å²) in [6.45, 7) is 9.37. The van der Waals surface area contributed by atoms with E-state index in [1.165, 1.54) is 11.0 Å². The normalized spacial score (nSPS) is 16.4. The van der Waals surface area contributed by atoms with E-state index in [1.807, 2.05) is 13.0 Å². The number of carbonyl (C=O) groups is 3. The Bertz CT molecular complexity index is 1720. The number of carbonyl (C=O) groups excluding carboxylic acids is 3. The molecule has 3 aromatic heterocycles. The first-order chi connectivity index (χ1) is 19.8. The molecule has 0 saturated carbocycles. The molecule has 210 valence electrons. The highest BCUT2D eigenvalue weighted by Gasteiger charge is 2.49. The standard InChI is InChI=1S/C30H28N4O6S/c1-5-14-39-20-11-9-10-19(16-20)24-22(25(35)23-17(3)31-21-12-7-8-13-33(21)23)26(36)28(37)34(24)30-32-18(4)27(41-30)29(38)40-15-6-2/h6-13,16,24,35H,2,5,14-15H2,1,3-4H3. The molecule has 11 heteroatoms. The number of nitrogens with zero attached hydrogens (tertiary/aromatic N) is 4. The van der Waals surface area contributed by atoms with Crippen molar-refractivity contribution in [2.75, 3.05) is 18.1 Å². The van der Waals surface area contributed by atoms with Gasteiger partial charge in [0, 0.05) is 6.20 Å². The highest BCUT2D eigenvalue weighted by atomic mass is 32.1. The van der Waals surface area contributed by atoms with Crippen LogP contribution in [-0.2, 0) is 14.3 Å². The molecule has 10 nitrogen and oxygen atoms in total. The van der Waals surface area contributed by atoms with Crippen LogP contribution in [0, 0.1) is 13.8 Å². The van der Waals surface area contributed by atoms with Crippen molar-refractivity contribution in [3.05, 3.63) is 94.4 Å². The van der Waals surface area contributed by atoms with Gasteiger partial charge in [0.15, 0.2) is 10.9 Å². The van der Waals surface area contributed by atoms with Crippen molar-refractivity contribution in [3.63, 3.8) is 0 Å². The minimum atomic E-state index is -1.06. The first kappa shape index (κ1) is 27.8. The number of thiazole rings is 1. The van der Waals surface area contributed by atoms with Crippen molar-refractivity contribution < 1.29 is 29.0 Å². The van der Waals surface area contributed by atoms with Gasteiger partial charge >= 0.3 is 11.9 Å². The van der Waals surface area contributed by atoms with Gasteiger partial charge in [-0.05, 0) is 50.1 Å². The molecule has 1 aromatic carbocycles. The number of imidazole rings is 1. The van der Waals surface area contributed by atoms with Gasteiger partial charge in [-0.1, -0.05) is 49.1 Å². The number of benzene rings is 1. The summed E-state index contributed by atoms with van der Waals surface area (Å²) in [5.74, 6) is -2.21. The highest BCUT2D eigenvalue weighted by Crippen LogP contribution is 2.44. The van der Waals surface area contributed by atoms with Gasteiger partial charge in [0.25, 0.3) is 5.78 Å². The monoisotopic (exact) mass is 572 g/mol. The van der Waals surface area contributed by atoms with Gasteiger partial charge in [0.2, 0.25) is 0 Å². The maximum Gasteiger partial charge on any atom is 0.350 e. The Morgan fingerprint density at radius 1 is 1.15 bits per heavy atom. The van der Waals surface area contributed by atoms with Crippen LogP contribution in [0.4, 0.5) is 5.13 Å². The van der Waals surface area contributed by atoms with E-state index < -0.39 is 23.7 Å². The van der Waals surface area contributed by atoms with Crippen LogP contribution in [-0.4, -0.2) is 50.3 Å². The first-order valence-electron chi connectivity index (χ1n) is 13.0. The zero-order valence-electron chi connectivity index (χ0n) is 22.8. The van der Waals surface area contributed by atoms with Crippen LogP contribution in [0.2, 0.25) is 0 Å². The number of hydrogen-bond donors (Lipinski definition) is 1. The lowest BCUT2D eigenvalue weighted by Crippen LogP contribution is -2.29. The van der Waals surface area contributed by atoms with Crippen molar-refractivity contribution in [2.45, 2.75) is 33.2 Å². The van der Waals surface area contributed by atoms with Gasteiger partial charge in [-0.25, -0.2) is 14.8 Å². The SMILES string of the molecule is C=CCOC(=O)c1sc(N2C(=O)C(=O)C(=C(O)c3c(C)nc4ccccn34)C2c2cccc(OCCC)c2)nc1C. The number of esters is 1. The van der Waals surface area contributed by atoms with Gasteiger partial charge < -0.3 is 14.6 Å². The van der Waals surface area contributed by atoms with E-state index in [-0.39, 0.29) is 27.9 Å². The van der Waals surface area contributed by atoms with Gasteiger partial charge in [0.05, 0.1) is 29.6 Å². The second-order valence-corrected chi connectivity index (χ2v) is 10.3. The fraction of sp³-hybridized carbons (Fsp3) is 0.233. The Morgan fingerprint density at radius 2 is 1.95 bits per heavy atom. The van der Waals surface area contributed by atoms with Crippen molar-refractivity contribution in [2.24, 2.45) is 0 Å². The molecule has 4 aromatic rings. The van der Waals surface area contributed by atoms with E-state index in [0.717, 1.165) is 17.8 Å². The van der Waals surface area contributed by atoms with Gasteiger partial charge in [-0.2, -0.15) is 0 Å². The average Bonchev–Trinajstić information content (AvgIpc) is 3.60. The van der Waals surface area contributed by atoms with E-state index in [4.69, 9.17) is 9.47 Å². The lowest BCUT2D eigenvalue weighted by atomic mass is 9.96. The molecule has 0 aliphatic carbocycles. The quantitative estimate of drug-likeness (QED) is 0.0959. The minimum absolute atomic E-state index is 0.0131. The Hall–Kier alpha value is -4.77. The molecule has 1 aliphatic heterocycles. The van der Waals surface area contributed by atoms with E-state index in [9.17, 15) is 19.5 Å². The fourth-order valence-corrected chi connectivity index (χ4v) is 5.73. The second kappa shape index (κ2) is 11.4. The number of Topliss-reactive ketones (excluding diaryl/α,β-unsaturated/α-hetero) is 1. The van der Waals surface area contributed by atoms with Crippen LogP contribution in [0.3, 0.4) is 0 Å². The van der Waals surface area contributed by atoms with E-state index in [2.05, 4.69) is 16.5 Å². The third kappa shape index (κ3) is 5.00. The van der Waals surface area contributed by atoms with Gasteiger partial charge in [-0.3, -0.25) is 18.9 Å². The molecule has 0 spiro atoms. The number of aliphatic hydroxyl groups is 1. The number of ketones is 1. The first-order valence-corrected chi connectivity index (χ1v) is 13.8. The number of pyridine rings is 1. The summed E-state index contributed by atoms with van der Waals surface area (Å²) in [6, 6.07) is 11.3. The van der Waals surface area contributed by atoms with Crippen LogP contribution in [0.25, 0.3) is 11.4 Å². The summed E-state index contributed by atoms with van der Waals surface area (Å²) < 4.78 is 12.7. The zero-order chi connectivity index (χ0) is 29.3. The van der Waals surface area contributed by atoms with Crippen LogP contribution in [0.15, 0.2) is 66.9 Å². The largest absolute Gasteiger partial charge is 0.505 e. The number of anilines is 1. The number of ether oxygens (including phenoxy) is 2. The Labute approximate surface area is 240 Å². The molecule has 41 heavy (non-hydrogen) atoms. The molecule has 1 unspecified atom stereocenters. The fourth-order valence-electron chi connectivity index (χ4n) is 4.74. The van der Waals surface area contributed by atoms with Crippen LogP contribution in [0.5, 0.6) is 5.75 Å². The number of amides is 1. The summed E-state index contributed by atoms with van der Waals surface area (Å²) in [5.41, 5.74) is 2.10. The number of aryl methyl sites for hydroxylation is 2. The van der Waals surface area contributed by atoms with Crippen LogP contribution >= 0.6 is 11.3 Å². The predicted octanol–water partition coefficient (Wildman–Crippen LogP) is 5.17. The summed E-state index contributed by atoms with van der Waals surface area (Å²) in [7, 11) is 0. The number of aromatic nitrogens is 3. The Kier molecular flexibility index (Phi) is 7.71. The zero-order valence-corrected chi connectivity index (χ0v) is 23.6. The second-order valence-electron chi connectivity index (χ2n) is 9.36. The molecule has 1 saturated heterocycles. The molecule has 5 rings (SSSR count). The summed E-state index contributed by atoms with van der Waals surface area (Å²) in [5, 5.41) is 11.8. The van der Waals surface area contributed by atoms with Gasteiger partial charge in [0.1, 0.15) is 28.6 Å². The summed E-state index contributed by atoms with van der Waals surface area (Å²) in [4.78, 5) is 50.4. The molecule has 0 radical (unpaired) electrons. The molecule has 1 atom stereocenters. The number of rotatable bonds is 9. The molecule has 1 aliphatic rings. The Morgan fingerprint density at radius 3 is 2.71 bits per heavy atom. The third-order valence-corrected chi connectivity index (χ3v) is 7.67. The molecule has 0 bridgehead atoms. The van der Waals surface area contributed by atoms with Crippen LogP contribution in [0.1, 0.15) is 51.7 Å². The summed E-state index contributed by atoms with van der Waals surface area (Å²) in [6.07, 6.45) is 3.96. The number of fused-ring (bicyclic) bond motifs is 1. The number of aliphatic hydroxyl groups excluding tert-OH is 1. The molecular weight excluding hydrogens is 544 g/mol. The van der Waals surface area contributed by atoms with E-state index >= 15 is 0 Å². The predicted molar refractivity (Wildman–Crippen MR) is 154 cm³/mol. The van der Waals surface area contributed by atoms with Gasteiger partial charge in [-0.15, -0.1) is 0 Å².